The molecule has 3 fully saturated rings. The van der Waals surface area contributed by atoms with Gasteiger partial charge in [-0.1, -0.05) is 47.6 Å². The third-order valence-corrected chi connectivity index (χ3v) is 11.4. The van der Waals surface area contributed by atoms with Gasteiger partial charge in [-0.25, -0.2) is 0 Å². The monoisotopic (exact) mass is 610 g/mol. The van der Waals surface area contributed by atoms with Gasteiger partial charge in [-0.15, -0.1) is 0 Å². The maximum atomic E-state index is 13.7. The molecule has 9 nitrogen and oxygen atoms in total. The number of ketones is 1. The molecule has 0 amide bonds. The summed E-state index contributed by atoms with van der Waals surface area (Å²) in [6.45, 7) is 22.3. The van der Waals surface area contributed by atoms with Crippen LogP contribution in [-0.4, -0.2) is 78.6 Å². The van der Waals surface area contributed by atoms with Crippen LogP contribution in [0.3, 0.4) is 0 Å². The van der Waals surface area contributed by atoms with Crippen LogP contribution in [0.5, 0.6) is 0 Å². The number of hydrogen-bond donors (Lipinski definition) is 1. The van der Waals surface area contributed by atoms with Gasteiger partial charge in [0.1, 0.15) is 23.6 Å². The highest BCUT2D eigenvalue weighted by Crippen LogP contribution is 2.47. The van der Waals surface area contributed by atoms with E-state index in [0.29, 0.717) is 31.4 Å². The van der Waals surface area contributed by atoms with Crippen molar-refractivity contribution < 1.29 is 43.1 Å². The molecule has 3 saturated heterocycles. The van der Waals surface area contributed by atoms with Crippen LogP contribution < -0.4 is 0 Å². The van der Waals surface area contributed by atoms with Gasteiger partial charge in [0.05, 0.1) is 35.6 Å². The van der Waals surface area contributed by atoms with Crippen molar-refractivity contribution in [2.45, 2.75) is 148 Å². The van der Waals surface area contributed by atoms with Crippen LogP contribution in [0.1, 0.15) is 101 Å². The molecule has 43 heavy (non-hydrogen) atoms. The van der Waals surface area contributed by atoms with Crippen LogP contribution in [0.2, 0.25) is 0 Å². The summed E-state index contributed by atoms with van der Waals surface area (Å²) in [6.07, 6.45) is -0.0891. The molecular formula is C34H58O9. The molecule has 9 heteroatoms. The minimum Gasteiger partial charge on any atom is -0.491 e. The number of ether oxygens (including phenoxy) is 6. The Morgan fingerprint density at radius 3 is 2.16 bits per heavy atom. The third-order valence-electron chi connectivity index (χ3n) is 11.4. The average Bonchev–Trinajstić information content (AvgIpc) is 3.29. The van der Waals surface area contributed by atoms with Gasteiger partial charge in [0.2, 0.25) is 0 Å². The Morgan fingerprint density at radius 1 is 0.977 bits per heavy atom. The van der Waals surface area contributed by atoms with Crippen molar-refractivity contribution in [2.75, 3.05) is 14.2 Å². The fourth-order valence-electron chi connectivity index (χ4n) is 8.12. The van der Waals surface area contributed by atoms with E-state index in [4.69, 9.17) is 28.4 Å². The fourth-order valence-corrected chi connectivity index (χ4v) is 8.12. The molecule has 0 aromatic carbocycles. The van der Waals surface area contributed by atoms with Crippen molar-refractivity contribution in [2.24, 2.45) is 29.6 Å². The van der Waals surface area contributed by atoms with E-state index in [1.165, 1.54) is 0 Å². The molecule has 0 spiro atoms. The van der Waals surface area contributed by atoms with E-state index in [2.05, 4.69) is 27.4 Å². The molecule has 3 aliphatic rings. The van der Waals surface area contributed by atoms with Crippen molar-refractivity contribution in [3.8, 4) is 0 Å². The van der Waals surface area contributed by atoms with Gasteiger partial charge in [-0.3, -0.25) is 9.59 Å². The van der Waals surface area contributed by atoms with E-state index < -0.39 is 47.5 Å². The summed E-state index contributed by atoms with van der Waals surface area (Å²) in [5.74, 6) is -0.717. The zero-order valence-electron chi connectivity index (χ0n) is 28.4. The second kappa shape index (κ2) is 13.9. The SMILES string of the molecule is C=C1O[C@H](CC)[C@@]2(C)OC(=O)C[C@@H]2[C@@H](C)C(=O)CC[C@@](C)(OC)[C@H](CC)[C@@H](C)[C@H](O[C@H]2C[C@@](C)(OC)[C@@H](O)[C@H](C)O2)[C@H]1C. The summed E-state index contributed by atoms with van der Waals surface area (Å²) in [4.78, 5) is 26.4. The van der Waals surface area contributed by atoms with Crippen LogP contribution in [0.25, 0.3) is 0 Å². The van der Waals surface area contributed by atoms with Gasteiger partial charge >= 0.3 is 5.97 Å². The van der Waals surface area contributed by atoms with Gasteiger partial charge in [-0.05, 0) is 52.4 Å². The number of aliphatic hydroxyl groups excluding tert-OH is 1. The summed E-state index contributed by atoms with van der Waals surface area (Å²) in [6, 6.07) is 0. The number of esters is 1. The van der Waals surface area contributed by atoms with Crippen LogP contribution in [0, 0.1) is 29.6 Å². The van der Waals surface area contributed by atoms with Crippen molar-refractivity contribution in [1.29, 1.82) is 0 Å². The Kier molecular flexibility index (Phi) is 11.6. The Balaban J connectivity index is 2.07. The molecule has 3 aliphatic heterocycles. The lowest BCUT2D eigenvalue weighted by Crippen LogP contribution is -2.57. The zero-order valence-corrected chi connectivity index (χ0v) is 28.4. The Bertz CT molecular complexity index is 1000. The number of methoxy groups -OCH3 is 2. The number of carbonyl (C=O) groups is 2. The largest absolute Gasteiger partial charge is 0.491 e. The minimum absolute atomic E-state index is 0.0211. The molecule has 0 aliphatic carbocycles. The quantitative estimate of drug-likeness (QED) is 0.384. The number of aliphatic hydroxyl groups is 1. The normalized spacial score (nSPS) is 46.9. The Labute approximate surface area is 259 Å². The smallest absolute Gasteiger partial charge is 0.306 e. The summed E-state index contributed by atoms with van der Waals surface area (Å²) in [5.41, 5.74) is -2.44. The lowest BCUT2D eigenvalue weighted by Gasteiger charge is -2.48. The summed E-state index contributed by atoms with van der Waals surface area (Å²) < 4.78 is 37.6. The highest BCUT2D eigenvalue weighted by atomic mass is 16.7. The first-order chi connectivity index (χ1) is 20.0. The van der Waals surface area contributed by atoms with Crippen LogP contribution in [-0.2, 0) is 38.0 Å². The fraction of sp³-hybridized carbons (Fsp3) is 0.882. The Morgan fingerprint density at radius 2 is 1.60 bits per heavy atom. The predicted molar refractivity (Wildman–Crippen MR) is 163 cm³/mol. The summed E-state index contributed by atoms with van der Waals surface area (Å²) in [5, 5.41) is 10.8. The van der Waals surface area contributed by atoms with Crippen LogP contribution >= 0.6 is 0 Å². The molecule has 0 radical (unpaired) electrons. The van der Waals surface area contributed by atoms with E-state index in [9.17, 15) is 14.7 Å². The van der Waals surface area contributed by atoms with Gasteiger partial charge < -0.3 is 33.5 Å². The van der Waals surface area contributed by atoms with E-state index in [0.717, 1.165) is 6.42 Å². The van der Waals surface area contributed by atoms with Gasteiger partial charge in [0, 0.05) is 44.8 Å². The van der Waals surface area contributed by atoms with Crippen molar-refractivity contribution >= 4 is 11.8 Å². The average molecular weight is 611 g/mol. The molecular weight excluding hydrogens is 552 g/mol. The first-order valence-corrected chi connectivity index (χ1v) is 16.2. The molecule has 0 unspecified atom stereocenters. The molecule has 13 atom stereocenters. The van der Waals surface area contributed by atoms with Gasteiger partial charge in [0.25, 0.3) is 0 Å². The van der Waals surface area contributed by atoms with Crippen LogP contribution in [0.15, 0.2) is 12.3 Å². The lowest BCUT2D eigenvalue weighted by atomic mass is 9.69. The maximum Gasteiger partial charge on any atom is 0.306 e. The molecule has 3 heterocycles. The molecule has 248 valence electrons. The maximum absolute atomic E-state index is 13.7. The van der Waals surface area contributed by atoms with Crippen molar-refractivity contribution in [3.05, 3.63) is 12.3 Å². The highest BCUT2D eigenvalue weighted by molar-refractivity contribution is 5.83. The lowest BCUT2D eigenvalue weighted by molar-refractivity contribution is -0.298. The minimum atomic E-state index is -0.982. The van der Waals surface area contributed by atoms with E-state index >= 15 is 0 Å². The van der Waals surface area contributed by atoms with E-state index in [-0.39, 0.29) is 47.8 Å². The number of fused-ring (bicyclic) bond motifs is 1. The molecule has 0 bridgehead atoms. The van der Waals surface area contributed by atoms with E-state index in [1.54, 1.807) is 14.2 Å². The Hall–Kier alpha value is -1.52. The molecule has 0 saturated carbocycles. The van der Waals surface area contributed by atoms with Crippen molar-refractivity contribution in [1.82, 2.24) is 0 Å². The molecule has 1 N–H and O–H groups in total. The standard InChI is InChI=1S/C34H58O9/c1-13-24-21(5)30(42-29-18-33(9,39-12)31(37)23(7)41-29)19(3)22(6)40-27(14-2)34(10)25(17-28(36)43-34)20(4)26(35)15-16-32(24,8)38-11/h19-21,23-25,27,29-31,37H,6,13-18H2,1-5,7-12H3/t19-,20+,21+,23-,24+,25+,27+,29-,30+,31-,32+,33+,34-/m0/s1. The predicted octanol–water partition coefficient (Wildman–Crippen LogP) is 5.61. The van der Waals surface area contributed by atoms with Gasteiger partial charge in [-0.2, -0.15) is 0 Å². The number of Topliss-reactive ketones (excluding diaryl/α,β-unsaturated/α-hetero) is 1. The van der Waals surface area contributed by atoms with Gasteiger partial charge in [0.15, 0.2) is 6.29 Å². The number of rotatable bonds is 6. The van der Waals surface area contributed by atoms with E-state index in [1.807, 2.05) is 41.5 Å². The molecule has 3 rings (SSSR count). The summed E-state index contributed by atoms with van der Waals surface area (Å²) >= 11 is 0. The van der Waals surface area contributed by atoms with Crippen molar-refractivity contribution in [3.63, 3.8) is 0 Å². The molecule has 0 aromatic heterocycles. The zero-order chi connectivity index (χ0) is 32.5. The number of carbonyl (C=O) groups excluding carboxylic acids is 2. The second-order valence-corrected chi connectivity index (χ2v) is 13.9. The first-order valence-electron chi connectivity index (χ1n) is 16.2. The highest BCUT2D eigenvalue weighted by Gasteiger charge is 2.56. The second-order valence-electron chi connectivity index (χ2n) is 13.9. The number of hydrogen-bond acceptors (Lipinski definition) is 9. The topological polar surface area (TPSA) is 110 Å². The summed E-state index contributed by atoms with van der Waals surface area (Å²) in [7, 11) is 3.30. The molecule has 0 aromatic rings. The third kappa shape index (κ3) is 7.01. The first kappa shape index (κ1) is 36.0. The van der Waals surface area contributed by atoms with Crippen LogP contribution in [0.4, 0.5) is 0 Å².